The van der Waals surface area contributed by atoms with Crippen LogP contribution in [0.2, 0.25) is 0 Å². The number of carbonyl (C=O) groups is 1. The molecule has 0 unspecified atom stereocenters. The van der Waals surface area contributed by atoms with E-state index < -0.39 is 0 Å². The van der Waals surface area contributed by atoms with E-state index in [0.717, 1.165) is 29.9 Å². The summed E-state index contributed by atoms with van der Waals surface area (Å²) < 4.78 is 6.28. The van der Waals surface area contributed by atoms with Gasteiger partial charge in [0.05, 0.1) is 30.0 Å². The number of fused-ring (bicyclic) bond motifs is 1. The number of rotatable bonds is 6. The molecule has 0 saturated carbocycles. The predicted octanol–water partition coefficient (Wildman–Crippen LogP) is 0.645. The number of aliphatic hydroxyl groups excluding tert-OH is 1. The molecule has 1 aromatic carbocycles. The summed E-state index contributed by atoms with van der Waals surface area (Å²) in [5, 5.41) is 9.20. The maximum Gasteiger partial charge on any atom is 0.254 e. The smallest absolute Gasteiger partial charge is 0.254 e. The first-order chi connectivity index (χ1) is 11.7. The Morgan fingerprint density at radius 1 is 1.29 bits per heavy atom. The molecule has 1 aliphatic rings. The highest BCUT2D eigenvalue weighted by Crippen LogP contribution is 2.25. The monoisotopic (exact) mass is 350 g/mol. The summed E-state index contributed by atoms with van der Waals surface area (Å²) in [7, 11) is 0. The van der Waals surface area contributed by atoms with Gasteiger partial charge in [-0.15, -0.1) is 0 Å². The molecule has 2 aromatic rings. The van der Waals surface area contributed by atoms with Crippen molar-refractivity contribution in [2.24, 2.45) is 0 Å². The number of aromatic nitrogens is 1. The van der Waals surface area contributed by atoms with Gasteiger partial charge >= 0.3 is 0 Å². The Balaban J connectivity index is 1.54. The molecule has 24 heavy (non-hydrogen) atoms. The fraction of sp³-hybridized carbons (Fsp3) is 0.500. The number of hydrogen-bond acceptors (Lipinski definition) is 7. The Labute approximate surface area is 144 Å². The number of nitrogens with zero attached hydrogens (tertiary/aromatic N) is 3. The first-order valence-corrected chi connectivity index (χ1v) is 8.85. The van der Waals surface area contributed by atoms with Crippen molar-refractivity contribution in [3.63, 3.8) is 0 Å². The van der Waals surface area contributed by atoms with E-state index in [1.165, 1.54) is 11.3 Å². The predicted molar refractivity (Wildman–Crippen MR) is 94.3 cm³/mol. The van der Waals surface area contributed by atoms with Gasteiger partial charge in [-0.2, -0.15) is 0 Å². The fourth-order valence-electron chi connectivity index (χ4n) is 2.80. The molecule has 1 aliphatic heterocycles. The van der Waals surface area contributed by atoms with Gasteiger partial charge in [0.1, 0.15) is 0 Å². The average molecular weight is 350 g/mol. The molecule has 8 heteroatoms. The minimum atomic E-state index is 0.0413. The van der Waals surface area contributed by atoms with Gasteiger partial charge in [-0.3, -0.25) is 9.69 Å². The van der Waals surface area contributed by atoms with Crippen LogP contribution in [-0.4, -0.2) is 78.3 Å². The number of hydrogen-bond donors (Lipinski definition) is 2. The Kier molecular flexibility index (Phi) is 5.62. The minimum absolute atomic E-state index is 0.0413. The summed E-state index contributed by atoms with van der Waals surface area (Å²) in [6, 6.07) is 5.57. The Bertz CT molecular complexity index is 698. The molecular formula is C16H22N4O3S. The molecule has 1 amide bonds. The SMILES string of the molecule is Nc1nc2cc(C(=O)N3CCN(CCOCCO)CC3)ccc2s1. The lowest BCUT2D eigenvalue weighted by Crippen LogP contribution is -2.49. The van der Waals surface area contributed by atoms with E-state index in [2.05, 4.69) is 9.88 Å². The number of amides is 1. The summed E-state index contributed by atoms with van der Waals surface area (Å²) in [4.78, 5) is 21.0. The van der Waals surface area contributed by atoms with Gasteiger partial charge in [0.2, 0.25) is 0 Å². The third-order valence-corrected chi connectivity index (χ3v) is 4.96. The van der Waals surface area contributed by atoms with Crippen molar-refractivity contribution in [3.05, 3.63) is 23.8 Å². The Morgan fingerprint density at radius 3 is 2.83 bits per heavy atom. The number of carbonyl (C=O) groups excluding carboxylic acids is 1. The summed E-state index contributed by atoms with van der Waals surface area (Å²) >= 11 is 1.43. The topological polar surface area (TPSA) is 91.9 Å². The summed E-state index contributed by atoms with van der Waals surface area (Å²) in [5.41, 5.74) is 7.16. The third-order valence-electron chi connectivity index (χ3n) is 4.10. The molecule has 1 fully saturated rings. The summed E-state index contributed by atoms with van der Waals surface area (Å²) in [6.45, 7) is 4.94. The molecule has 2 heterocycles. The molecule has 1 saturated heterocycles. The second-order valence-corrected chi connectivity index (χ2v) is 6.77. The van der Waals surface area contributed by atoms with Gasteiger partial charge < -0.3 is 20.5 Å². The van der Waals surface area contributed by atoms with E-state index in [1.54, 1.807) is 0 Å². The maximum absolute atomic E-state index is 12.7. The highest BCUT2D eigenvalue weighted by atomic mass is 32.1. The Morgan fingerprint density at radius 2 is 2.08 bits per heavy atom. The van der Waals surface area contributed by atoms with E-state index in [0.29, 0.717) is 37.0 Å². The van der Waals surface area contributed by atoms with Crippen LogP contribution in [0.25, 0.3) is 10.2 Å². The molecule has 0 aliphatic carbocycles. The normalized spacial score (nSPS) is 16.0. The van der Waals surface area contributed by atoms with Gasteiger partial charge in [-0.05, 0) is 18.2 Å². The largest absolute Gasteiger partial charge is 0.394 e. The van der Waals surface area contributed by atoms with Crippen molar-refractivity contribution < 1.29 is 14.6 Å². The first-order valence-electron chi connectivity index (χ1n) is 8.03. The third kappa shape index (κ3) is 4.02. The molecule has 3 N–H and O–H groups in total. The molecule has 7 nitrogen and oxygen atoms in total. The fourth-order valence-corrected chi connectivity index (χ4v) is 3.51. The van der Waals surface area contributed by atoms with Crippen LogP contribution in [-0.2, 0) is 4.74 Å². The first kappa shape index (κ1) is 17.1. The van der Waals surface area contributed by atoms with Crippen LogP contribution in [0.15, 0.2) is 18.2 Å². The van der Waals surface area contributed by atoms with Crippen molar-refractivity contribution in [1.29, 1.82) is 0 Å². The van der Waals surface area contributed by atoms with Crippen LogP contribution in [0.4, 0.5) is 5.13 Å². The van der Waals surface area contributed by atoms with Crippen LogP contribution in [0.1, 0.15) is 10.4 Å². The molecule has 0 spiro atoms. The highest BCUT2D eigenvalue weighted by molar-refractivity contribution is 7.22. The molecular weight excluding hydrogens is 328 g/mol. The van der Waals surface area contributed by atoms with Crippen LogP contribution in [0.5, 0.6) is 0 Å². The van der Waals surface area contributed by atoms with Crippen LogP contribution < -0.4 is 5.73 Å². The lowest BCUT2D eigenvalue weighted by atomic mass is 10.1. The van der Waals surface area contributed by atoms with Gasteiger partial charge in [0.25, 0.3) is 5.91 Å². The number of piperazine rings is 1. The van der Waals surface area contributed by atoms with Crippen molar-refractivity contribution in [2.45, 2.75) is 0 Å². The zero-order valence-electron chi connectivity index (χ0n) is 13.5. The van der Waals surface area contributed by atoms with E-state index in [4.69, 9.17) is 15.6 Å². The van der Waals surface area contributed by atoms with E-state index in [1.807, 2.05) is 23.1 Å². The maximum atomic E-state index is 12.7. The van der Waals surface area contributed by atoms with E-state index in [-0.39, 0.29) is 12.5 Å². The molecule has 3 rings (SSSR count). The van der Waals surface area contributed by atoms with Crippen molar-refractivity contribution in [3.8, 4) is 0 Å². The lowest BCUT2D eigenvalue weighted by molar-refractivity contribution is 0.0486. The number of anilines is 1. The molecule has 0 bridgehead atoms. The lowest BCUT2D eigenvalue weighted by Gasteiger charge is -2.34. The number of aliphatic hydroxyl groups is 1. The standard InChI is InChI=1S/C16H22N4O3S/c17-16-18-13-11-12(1-2-14(13)24-16)15(22)20-5-3-19(4-6-20)7-9-23-10-8-21/h1-2,11,21H,3-10H2,(H2,17,18). The second kappa shape index (κ2) is 7.89. The van der Waals surface area contributed by atoms with Gasteiger partial charge in [-0.1, -0.05) is 11.3 Å². The number of thiazole rings is 1. The van der Waals surface area contributed by atoms with Crippen LogP contribution >= 0.6 is 11.3 Å². The van der Waals surface area contributed by atoms with Gasteiger partial charge in [0.15, 0.2) is 5.13 Å². The quantitative estimate of drug-likeness (QED) is 0.743. The van der Waals surface area contributed by atoms with Crippen LogP contribution in [0, 0.1) is 0 Å². The molecule has 130 valence electrons. The van der Waals surface area contributed by atoms with E-state index in [9.17, 15) is 4.79 Å². The average Bonchev–Trinajstić information content (AvgIpc) is 2.98. The highest BCUT2D eigenvalue weighted by Gasteiger charge is 2.22. The zero-order valence-corrected chi connectivity index (χ0v) is 14.3. The number of nitrogen functional groups attached to an aromatic ring is 1. The van der Waals surface area contributed by atoms with Crippen LogP contribution in [0.3, 0.4) is 0 Å². The zero-order chi connectivity index (χ0) is 16.9. The second-order valence-electron chi connectivity index (χ2n) is 5.70. The number of benzene rings is 1. The number of ether oxygens (including phenoxy) is 1. The summed E-state index contributed by atoms with van der Waals surface area (Å²) in [6.07, 6.45) is 0. The van der Waals surface area contributed by atoms with Crippen molar-refractivity contribution in [1.82, 2.24) is 14.8 Å². The minimum Gasteiger partial charge on any atom is -0.394 e. The number of nitrogens with two attached hydrogens (primary N) is 1. The van der Waals surface area contributed by atoms with Gasteiger partial charge in [-0.25, -0.2) is 4.98 Å². The molecule has 0 atom stereocenters. The Hall–Kier alpha value is -1.74. The van der Waals surface area contributed by atoms with E-state index >= 15 is 0 Å². The van der Waals surface area contributed by atoms with Crippen molar-refractivity contribution >= 4 is 32.6 Å². The molecule has 1 aromatic heterocycles. The molecule has 0 radical (unpaired) electrons. The summed E-state index contributed by atoms with van der Waals surface area (Å²) in [5.74, 6) is 0.0413. The van der Waals surface area contributed by atoms with Crippen molar-refractivity contribution in [2.75, 3.05) is 58.3 Å². The van der Waals surface area contributed by atoms with Gasteiger partial charge in [0, 0.05) is 38.3 Å².